The fourth-order valence-electron chi connectivity index (χ4n) is 3.89. The lowest BCUT2D eigenvalue weighted by atomic mass is 10.1. The number of hydrogen-bond acceptors (Lipinski definition) is 5. The van der Waals surface area contributed by atoms with Crippen LogP contribution in [-0.4, -0.2) is 30.5 Å². The minimum Gasteiger partial charge on any atom is -0.422 e. The van der Waals surface area contributed by atoms with Crippen molar-refractivity contribution in [2.45, 2.75) is 84.0 Å². The lowest BCUT2D eigenvalue weighted by molar-refractivity contribution is -0.126. The summed E-state index contributed by atoms with van der Waals surface area (Å²) in [6, 6.07) is 11.4. The minimum atomic E-state index is -0.548. The highest BCUT2D eigenvalue weighted by atomic mass is 79.9. The van der Waals surface area contributed by atoms with E-state index >= 15 is 0 Å². The maximum atomic E-state index is 12.5. The van der Waals surface area contributed by atoms with Gasteiger partial charge in [0.2, 0.25) is 5.91 Å². The van der Waals surface area contributed by atoms with E-state index in [1.165, 1.54) is 57.6 Å². The smallest absolute Gasteiger partial charge is 0.343 e. The Morgan fingerprint density at radius 1 is 0.872 bits per heavy atom. The number of benzene rings is 2. The molecule has 0 unspecified atom stereocenters. The third-order valence-corrected chi connectivity index (χ3v) is 6.85. The molecular weight excluding hydrogens is 582 g/mol. The van der Waals surface area contributed by atoms with Gasteiger partial charge < -0.3 is 10.1 Å². The molecule has 0 atom stereocenters. The lowest BCUT2D eigenvalue weighted by Gasteiger charge is -2.08. The van der Waals surface area contributed by atoms with E-state index in [0.29, 0.717) is 22.6 Å². The summed E-state index contributed by atoms with van der Waals surface area (Å²) in [5.41, 5.74) is 3.21. The fourth-order valence-corrected chi connectivity index (χ4v) is 4.39. The van der Waals surface area contributed by atoms with E-state index in [0.717, 1.165) is 23.7 Å². The summed E-state index contributed by atoms with van der Waals surface area (Å²) in [6.07, 6.45) is 15.2. The topological polar surface area (TPSA) is 96.9 Å². The molecule has 39 heavy (non-hydrogen) atoms. The van der Waals surface area contributed by atoms with Gasteiger partial charge in [0.15, 0.2) is 0 Å². The molecular formula is C30H39BrClN3O4. The number of halogens is 2. The highest BCUT2D eigenvalue weighted by molar-refractivity contribution is 9.10. The van der Waals surface area contributed by atoms with Crippen LogP contribution >= 0.6 is 27.5 Å². The molecule has 0 aliphatic rings. The molecule has 7 nitrogen and oxygen atoms in total. The lowest BCUT2D eigenvalue weighted by Crippen LogP contribution is -2.34. The molecule has 0 saturated heterocycles. The highest BCUT2D eigenvalue weighted by Crippen LogP contribution is 2.23. The van der Waals surface area contributed by atoms with Crippen molar-refractivity contribution in [2.24, 2.45) is 5.10 Å². The van der Waals surface area contributed by atoms with Crippen molar-refractivity contribution in [3.05, 3.63) is 63.1 Å². The molecule has 9 heteroatoms. The second kappa shape index (κ2) is 19.4. The van der Waals surface area contributed by atoms with Gasteiger partial charge >= 0.3 is 5.97 Å². The molecule has 0 spiro atoms. The Kier molecular flexibility index (Phi) is 16.1. The molecule has 0 fully saturated rings. The number of nitrogens with zero attached hydrogens (tertiary/aromatic N) is 1. The zero-order chi connectivity index (χ0) is 28.3. The average molecular weight is 621 g/mol. The van der Waals surface area contributed by atoms with E-state index in [2.05, 4.69) is 38.7 Å². The standard InChI is InChI=1S/C30H39BrClN3O4/c1-2-3-4-5-6-7-8-9-10-11-12-13-28(36)33-22-29(37)35-34-21-24-20-25(31)16-19-27(24)39-30(38)23-14-17-26(32)18-15-23/h14-21H,2-13,22H2,1H3,(H,33,36)(H,35,37)/b34-21-. The summed E-state index contributed by atoms with van der Waals surface area (Å²) in [5.74, 6) is -0.869. The van der Waals surface area contributed by atoms with Crippen LogP contribution in [-0.2, 0) is 9.59 Å². The van der Waals surface area contributed by atoms with Crippen LogP contribution in [0.3, 0.4) is 0 Å². The number of carbonyl (C=O) groups is 3. The van der Waals surface area contributed by atoms with Gasteiger partial charge in [-0.05, 0) is 48.9 Å². The molecule has 0 heterocycles. The van der Waals surface area contributed by atoms with Crippen LogP contribution in [0.25, 0.3) is 0 Å². The second-order valence-corrected chi connectivity index (χ2v) is 10.8. The summed E-state index contributed by atoms with van der Waals surface area (Å²) >= 11 is 9.25. The van der Waals surface area contributed by atoms with Crippen molar-refractivity contribution in [3.63, 3.8) is 0 Å². The number of hydrazone groups is 1. The normalized spacial score (nSPS) is 10.9. The maximum Gasteiger partial charge on any atom is 0.343 e. The molecule has 0 aliphatic heterocycles. The first-order chi connectivity index (χ1) is 18.9. The van der Waals surface area contributed by atoms with Crippen LogP contribution in [0.5, 0.6) is 5.75 Å². The summed E-state index contributed by atoms with van der Waals surface area (Å²) in [4.78, 5) is 36.6. The SMILES string of the molecule is CCCCCCCCCCCCCC(=O)NCC(=O)N/N=C\c1cc(Br)ccc1OC(=O)c1ccc(Cl)cc1. The molecule has 2 aromatic rings. The van der Waals surface area contributed by atoms with Gasteiger partial charge in [-0.25, -0.2) is 10.2 Å². The van der Waals surface area contributed by atoms with E-state index in [4.69, 9.17) is 16.3 Å². The van der Waals surface area contributed by atoms with Crippen LogP contribution in [0.1, 0.15) is 99.9 Å². The Bertz CT molecular complexity index is 1080. The number of unbranched alkanes of at least 4 members (excludes halogenated alkanes) is 10. The van der Waals surface area contributed by atoms with Crippen molar-refractivity contribution >= 4 is 51.5 Å². The predicted octanol–water partition coefficient (Wildman–Crippen LogP) is 7.59. The maximum absolute atomic E-state index is 12.5. The van der Waals surface area contributed by atoms with E-state index < -0.39 is 11.9 Å². The van der Waals surface area contributed by atoms with Crippen LogP contribution < -0.4 is 15.5 Å². The Hall–Kier alpha value is -2.71. The van der Waals surface area contributed by atoms with Crippen molar-refractivity contribution < 1.29 is 19.1 Å². The molecule has 2 aromatic carbocycles. The number of carbonyl (C=O) groups excluding carboxylic acids is 3. The summed E-state index contributed by atoms with van der Waals surface area (Å²) in [7, 11) is 0. The molecule has 2 rings (SSSR count). The molecule has 0 bridgehead atoms. The van der Waals surface area contributed by atoms with Crippen molar-refractivity contribution in [2.75, 3.05) is 6.54 Å². The number of esters is 1. The van der Waals surface area contributed by atoms with Crippen LogP contribution in [0, 0.1) is 0 Å². The summed E-state index contributed by atoms with van der Waals surface area (Å²) in [5, 5.41) is 7.08. The van der Waals surface area contributed by atoms with Gasteiger partial charge in [0.25, 0.3) is 5.91 Å². The Labute approximate surface area is 245 Å². The van der Waals surface area contributed by atoms with Crippen LogP contribution in [0.15, 0.2) is 52.0 Å². The van der Waals surface area contributed by atoms with E-state index in [9.17, 15) is 14.4 Å². The summed E-state index contributed by atoms with van der Waals surface area (Å²) in [6.45, 7) is 2.07. The number of amides is 2. The molecule has 0 radical (unpaired) electrons. The highest BCUT2D eigenvalue weighted by Gasteiger charge is 2.12. The van der Waals surface area contributed by atoms with Crippen molar-refractivity contribution in [3.8, 4) is 5.75 Å². The van der Waals surface area contributed by atoms with Gasteiger partial charge in [-0.2, -0.15) is 5.10 Å². The van der Waals surface area contributed by atoms with Gasteiger partial charge in [-0.15, -0.1) is 0 Å². The predicted molar refractivity (Wildman–Crippen MR) is 160 cm³/mol. The first-order valence-corrected chi connectivity index (χ1v) is 14.9. The Morgan fingerprint density at radius 2 is 1.49 bits per heavy atom. The zero-order valence-corrected chi connectivity index (χ0v) is 25.0. The summed E-state index contributed by atoms with van der Waals surface area (Å²) < 4.78 is 6.24. The molecule has 2 amide bonds. The Morgan fingerprint density at radius 3 is 2.13 bits per heavy atom. The van der Waals surface area contributed by atoms with Gasteiger partial charge in [0.1, 0.15) is 5.75 Å². The van der Waals surface area contributed by atoms with E-state index in [1.54, 1.807) is 42.5 Å². The van der Waals surface area contributed by atoms with Crippen LogP contribution in [0.4, 0.5) is 0 Å². The number of rotatable bonds is 18. The molecule has 0 saturated carbocycles. The first-order valence-electron chi connectivity index (χ1n) is 13.7. The molecule has 212 valence electrons. The number of hydrogen-bond donors (Lipinski definition) is 2. The van der Waals surface area contributed by atoms with Crippen molar-refractivity contribution in [1.82, 2.24) is 10.7 Å². The van der Waals surface area contributed by atoms with E-state index in [-0.39, 0.29) is 18.2 Å². The van der Waals surface area contributed by atoms with Gasteiger partial charge in [0.05, 0.1) is 18.3 Å². The first kappa shape index (κ1) is 32.5. The quantitative estimate of drug-likeness (QED) is 0.0590. The minimum absolute atomic E-state index is 0.145. The monoisotopic (exact) mass is 619 g/mol. The fraction of sp³-hybridized carbons (Fsp3) is 0.467. The molecule has 0 aromatic heterocycles. The van der Waals surface area contributed by atoms with Gasteiger partial charge in [-0.1, -0.05) is 98.7 Å². The van der Waals surface area contributed by atoms with Gasteiger partial charge in [-0.3, -0.25) is 9.59 Å². The number of ether oxygens (including phenoxy) is 1. The molecule has 0 aliphatic carbocycles. The van der Waals surface area contributed by atoms with Crippen molar-refractivity contribution in [1.29, 1.82) is 0 Å². The van der Waals surface area contributed by atoms with E-state index in [1.807, 2.05) is 0 Å². The number of nitrogens with one attached hydrogen (secondary N) is 2. The third kappa shape index (κ3) is 14.3. The third-order valence-electron chi connectivity index (χ3n) is 6.10. The van der Waals surface area contributed by atoms with Gasteiger partial charge in [0, 0.05) is 21.5 Å². The average Bonchev–Trinajstić information content (AvgIpc) is 2.92. The largest absolute Gasteiger partial charge is 0.422 e. The van der Waals surface area contributed by atoms with Crippen LogP contribution in [0.2, 0.25) is 5.02 Å². The molecule has 2 N–H and O–H groups in total. The zero-order valence-electron chi connectivity index (χ0n) is 22.6. The second-order valence-electron chi connectivity index (χ2n) is 9.43. The Balaban J connectivity index is 1.65.